The number of β-amino-alcohol motifs (C(OH)–C–C–N with tert-alkyl or cyclic N) is 1. The van der Waals surface area contributed by atoms with E-state index in [1.807, 2.05) is 12.1 Å². The van der Waals surface area contributed by atoms with Crippen molar-refractivity contribution in [1.29, 1.82) is 0 Å². The number of piperidine rings is 2. The molecule has 4 nitrogen and oxygen atoms in total. The lowest BCUT2D eigenvalue weighted by Gasteiger charge is -2.44. The van der Waals surface area contributed by atoms with Crippen LogP contribution in [0.25, 0.3) is 0 Å². The maximum atomic E-state index is 12.2. The van der Waals surface area contributed by atoms with Gasteiger partial charge in [0.1, 0.15) is 0 Å². The molecule has 0 unspecified atom stereocenters. The average molecular weight is 337 g/mol. The number of nitrogens with zero attached hydrogens (tertiary/aromatic N) is 1. The first-order valence-electron chi connectivity index (χ1n) is 8.51. The number of hydrogen-bond acceptors (Lipinski definition) is 3. The molecule has 126 valence electrons. The number of nitrogens with one attached hydrogen (secondary N) is 1. The molecule has 1 spiro atoms. The summed E-state index contributed by atoms with van der Waals surface area (Å²) in [6, 6.07) is 8.05. The molecule has 2 fully saturated rings. The van der Waals surface area contributed by atoms with Crippen LogP contribution in [0, 0.1) is 5.41 Å². The molecule has 1 aromatic rings. The summed E-state index contributed by atoms with van der Waals surface area (Å²) in [5.41, 5.74) is 0.988. The van der Waals surface area contributed by atoms with E-state index in [4.69, 9.17) is 11.6 Å². The highest BCUT2D eigenvalue weighted by molar-refractivity contribution is 6.30. The number of rotatable bonds is 4. The molecule has 5 heteroatoms. The largest absolute Gasteiger partial charge is 0.391 e. The Morgan fingerprint density at radius 2 is 1.96 bits per heavy atom. The number of amides is 1. The topological polar surface area (TPSA) is 52.6 Å². The highest BCUT2D eigenvalue weighted by Gasteiger charge is 2.45. The third kappa shape index (κ3) is 4.06. The maximum absolute atomic E-state index is 12.2. The van der Waals surface area contributed by atoms with Crippen LogP contribution in [0.2, 0.25) is 5.02 Å². The van der Waals surface area contributed by atoms with Crippen molar-refractivity contribution in [2.24, 2.45) is 5.41 Å². The van der Waals surface area contributed by atoms with Crippen LogP contribution in [0.15, 0.2) is 24.3 Å². The van der Waals surface area contributed by atoms with Crippen LogP contribution < -0.4 is 5.32 Å². The molecule has 1 atom stereocenters. The summed E-state index contributed by atoms with van der Waals surface area (Å²) in [7, 11) is 0. The van der Waals surface area contributed by atoms with Crippen LogP contribution in [-0.2, 0) is 11.2 Å². The Morgan fingerprint density at radius 1 is 1.26 bits per heavy atom. The summed E-state index contributed by atoms with van der Waals surface area (Å²) < 4.78 is 0. The predicted molar refractivity (Wildman–Crippen MR) is 91.5 cm³/mol. The number of benzene rings is 1. The Hall–Kier alpha value is -1.10. The maximum Gasteiger partial charge on any atom is 0.226 e. The van der Waals surface area contributed by atoms with Crippen molar-refractivity contribution in [3.63, 3.8) is 0 Å². The van der Waals surface area contributed by atoms with Crippen LogP contribution in [0.1, 0.15) is 31.2 Å². The minimum absolute atomic E-state index is 0.142. The first-order valence-corrected chi connectivity index (χ1v) is 8.88. The molecule has 0 radical (unpaired) electrons. The van der Waals surface area contributed by atoms with Gasteiger partial charge in [0.05, 0.1) is 11.5 Å². The lowest BCUT2D eigenvalue weighted by Crippen LogP contribution is -2.55. The van der Waals surface area contributed by atoms with Crippen LogP contribution in [0.3, 0.4) is 0 Å². The number of aryl methyl sites for hydroxylation is 1. The number of carbonyl (C=O) groups excluding carboxylic acids is 1. The summed E-state index contributed by atoms with van der Waals surface area (Å²) in [5, 5.41) is 13.5. The predicted octanol–water partition coefficient (Wildman–Crippen LogP) is 2.24. The molecule has 0 aliphatic carbocycles. The van der Waals surface area contributed by atoms with Crippen LogP contribution in [-0.4, -0.2) is 48.2 Å². The smallest absolute Gasteiger partial charge is 0.226 e. The monoisotopic (exact) mass is 336 g/mol. The molecule has 0 aromatic heterocycles. The second-order valence-corrected chi connectivity index (χ2v) is 7.36. The zero-order valence-corrected chi connectivity index (χ0v) is 14.2. The quantitative estimate of drug-likeness (QED) is 0.886. The first-order chi connectivity index (χ1) is 11.1. The standard InChI is InChI=1S/C18H25ClN2O2/c19-15-5-3-14(4-6-15)2-1-9-21-10-7-18(8-11-21)12-16(22)13-20-17(18)23/h3-6,16,22H,1-2,7-13H2,(H,20,23)/t16-/m0/s1. The number of carbonyl (C=O) groups is 1. The highest BCUT2D eigenvalue weighted by atomic mass is 35.5. The summed E-state index contributed by atoms with van der Waals surface area (Å²) >= 11 is 5.90. The van der Waals surface area contributed by atoms with E-state index in [0.717, 1.165) is 50.3 Å². The van der Waals surface area contributed by atoms with Crippen molar-refractivity contribution in [2.75, 3.05) is 26.2 Å². The van der Waals surface area contributed by atoms with E-state index >= 15 is 0 Å². The Labute approximate surface area is 142 Å². The molecule has 2 saturated heterocycles. The molecule has 2 N–H and O–H groups in total. The summed E-state index contributed by atoms with van der Waals surface area (Å²) in [4.78, 5) is 14.6. The molecule has 2 aliphatic rings. The van der Waals surface area contributed by atoms with E-state index in [1.165, 1.54) is 5.56 Å². The molecule has 1 amide bonds. The number of aliphatic hydroxyl groups excluding tert-OH is 1. The zero-order chi connectivity index (χ0) is 16.3. The summed E-state index contributed by atoms with van der Waals surface area (Å²) in [6.45, 7) is 3.36. The number of halogens is 1. The minimum atomic E-state index is -0.385. The lowest BCUT2D eigenvalue weighted by atomic mass is 9.71. The SMILES string of the molecule is O=C1NC[C@@H](O)CC12CCN(CCCc1ccc(Cl)cc1)CC2. The Balaban J connectivity index is 1.44. The normalized spacial score (nSPS) is 24.6. The number of likely N-dealkylation sites (tertiary alicyclic amines) is 1. The lowest BCUT2D eigenvalue weighted by molar-refractivity contribution is -0.140. The van der Waals surface area contributed by atoms with Gasteiger partial charge in [0, 0.05) is 11.6 Å². The van der Waals surface area contributed by atoms with Crippen molar-refractivity contribution >= 4 is 17.5 Å². The zero-order valence-electron chi connectivity index (χ0n) is 13.4. The number of hydrogen-bond donors (Lipinski definition) is 2. The van der Waals surface area contributed by atoms with Gasteiger partial charge in [0.15, 0.2) is 0 Å². The van der Waals surface area contributed by atoms with E-state index in [9.17, 15) is 9.90 Å². The molecule has 0 bridgehead atoms. The Kier molecular flexibility index (Phi) is 5.24. The minimum Gasteiger partial charge on any atom is -0.391 e. The van der Waals surface area contributed by atoms with Gasteiger partial charge >= 0.3 is 0 Å². The molecule has 3 rings (SSSR count). The second kappa shape index (κ2) is 7.20. The van der Waals surface area contributed by atoms with Gasteiger partial charge in [-0.3, -0.25) is 4.79 Å². The fourth-order valence-electron chi connectivity index (χ4n) is 3.81. The molecule has 1 aromatic carbocycles. The van der Waals surface area contributed by atoms with Crippen molar-refractivity contribution in [3.8, 4) is 0 Å². The van der Waals surface area contributed by atoms with Crippen LogP contribution in [0.4, 0.5) is 0 Å². The molecular formula is C18H25ClN2O2. The van der Waals surface area contributed by atoms with Crippen LogP contribution in [0.5, 0.6) is 0 Å². The van der Waals surface area contributed by atoms with E-state index < -0.39 is 0 Å². The van der Waals surface area contributed by atoms with Gasteiger partial charge in [-0.25, -0.2) is 0 Å². The molecule has 2 aliphatic heterocycles. The highest BCUT2D eigenvalue weighted by Crippen LogP contribution is 2.38. The third-order valence-corrected chi connectivity index (χ3v) is 5.52. The van der Waals surface area contributed by atoms with E-state index in [2.05, 4.69) is 22.3 Å². The van der Waals surface area contributed by atoms with Crippen molar-refractivity contribution < 1.29 is 9.90 Å². The molecule has 0 saturated carbocycles. The molecular weight excluding hydrogens is 312 g/mol. The van der Waals surface area contributed by atoms with Crippen LogP contribution >= 0.6 is 11.6 Å². The van der Waals surface area contributed by atoms with Gasteiger partial charge in [-0.05, 0) is 69.4 Å². The Bertz CT molecular complexity index is 538. The van der Waals surface area contributed by atoms with Crippen molar-refractivity contribution in [1.82, 2.24) is 10.2 Å². The molecule has 2 heterocycles. The summed E-state index contributed by atoms with van der Waals surface area (Å²) in [5.74, 6) is 0.142. The fourth-order valence-corrected chi connectivity index (χ4v) is 3.93. The van der Waals surface area contributed by atoms with Crippen molar-refractivity contribution in [2.45, 2.75) is 38.2 Å². The van der Waals surface area contributed by atoms with Gasteiger partial charge in [-0.2, -0.15) is 0 Å². The van der Waals surface area contributed by atoms with Crippen molar-refractivity contribution in [3.05, 3.63) is 34.9 Å². The van der Waals surface area contributed by atoms with E-state index in [0.29, 0.717) is 13.0 Å². The fraction of sp³-hybridized carbons (Fsp3) is 0.611. The third-order valence-electron chi connectivity index (χ3n) is 5.27. The van der Waals surface area contributed by atoms with E-state index in [-0.39, 0.29) is 17.4 Å². The van der Waals surface area contributed by atoms with Gasteiger partial charge in [0.25, 0.3) is 0 Å². The van der Waals surface area contributed by atoms with E-state index in [1.54, 1.807) is 0 Å². The van der Waals surface area contributed by atoms with Gasteiger partial charge in [0.2, 0.25) is 5.91 Å². The summed E-state index contributed by atoms with van der Waals surface area (Å²) in [6.07, 6.45) is 4.12. The van der Waals surface area contributed by atoms with Gasteiger partial charge < -0.3 is 15.3 Å². The second-order valence-electron chi connectivity index (χ2n) is 6.92. The van der Waals surface area contributed by atoms with Gasteiger partial charge in [-0.1, -0.05) is 23.7 Å². The average Bonchev–Trinajstić information content (AvgIpc) is 2.55. The Morgan fingerprint density at radius 3 is 2.65 bits per heavy atom. The number of aliphatic hydroxyl groups is 1. The first kappa shape index (κ1) is 16.7. The van der Waals surface area contributed by atoms with Gasteiger partial charge in [-0.15, -0.1) is 0 Å². The molecule has 23 heavy (non-hydrogen) atoms.